The number of halogens is 1. The van der Waals surface area contributed by atoms with E-state index in [-0.39, 0.29) is 29.7 Å². The fourth-order valence-electron chi connectivity index (χ4n) is 3.02. The van der Waals surface area contributed by atoms with E-state index in [9.17, 15) is 14.0 Å². The number of aromatic nitrogens is 2. The lowest BCUT2D eigenvalue weighted by Crippen LogP contribution is -2.47. The van der Waals surface area contributed by atoms with Crippen molar-refractivity contribution in [2.45, 2.75) is 40.2 Å². The molecule has 0 unspecified atom stereocenters. The molecule has 29 heavy (non-hydrogen) atoms. The van der Waals surface area contributed by atoms with Crippen molar-refractivity contribution < 1.29 is 14.0 Å². The zero-order valence-corrected chi connectivity index (χ0v) is 18.1. The summed E-state index contributed by atoms with van der Waals surface area (Å²) in [4.78, 5) is 28.2. The standard InChI is InChI=1S/C21H25FN4O2S/c1-6-25(12-18(27)23-21(3,4)5)19(28)17-11-16-13(2)24-26(20(16)29-17)15-9-7-14(22)8-10-15/h7-11H,6,12H2,1-5H3,(H,23,27). The molecule has 3 rings (SSSR count). The first-order valence-corrected chi connectivity index (χ1v) is 10.3. The van der Waals surface area contributed by atoms with Crippen molar-refractivity contribution in [2.24, 2.45) is 0 Å². The molecule has 154 valence electrons. The Kier molecular flexibility index (Phi) is 5.75. The summed E-state index contributed by atoms with van der Waals surface area (Å²) >= 11 is 1.32. The molecule has 0 spiro atoms. The third kappa shape index (κ3) is 4.64. The molecular formula is C21H25FN4O2S. The van der Waals surface area contributed by atoms with E-state index >= 15 is 0 Å². The number of nitrogens with zero attached hydrogens (tertiary/aromatic N) is 3. The first kappa shape index (κ1) is 21.0. The molecule has 0 aliphatic carbocycles. The number of carbonyl (C=O) groups excluding carboxylic acids is 2. The fraction of sp³-hybridized carbons (Fsp3) is 0.381. The van der Waals surface area contributed by atoms with Gasteiger partial charge in [0.1, 0.15) is 10.6 Å². The number of aryl methyl sites for hydroxylation is 1. The predicted octanol–water partition coefficient (Wildman–Crippen LogP) is 3.91. The number of benzene rings is 1. The number of fused-ring (bicyclic) bond motifs is 1. The molecule has 0 aliphatic rings. The van der Waals surface area contributed by atoms with Crippen molar-refractivity contribution >= 4 is 33.4 Å². The molecular weight excluding hydrogens is 391 g/mol. The third-order valence-corrected chi connectivity index (χ3v) is 5.44. The number of hydrogen-bond donors (Lipinski definition) is 1. The Balaban J connectivity index is 1.89. The molecule has 0 saturated heterocycles. The van der Waals surface area contributed by atoms with Gasteiger partial charge in [0.25, 0.3) is 5.91 Å². The predicted molar refractivity (Wildman–Crippen MR) is 113 cm³/mol. The monoisotopic (exact) mass is 416 g/mol. The van der Waals surface area contributed by atoms with Crippen LogP contribution in [0.3, 0.4) is 0 Å². The maximum atomic E-state index is 13.3. The van der Waals surface area contributed by atoms with Crippen LogP contribution in [0, 0.1) is 12.7 Å². The average molecular weight is 417 g/mol. The van der Waals surface area contributed by atoms with Gasteiger partial charge in [-0.1, -0.05) is 0 Å². The largest absolute Gasteiger partial charge is 0.350 e. The third-order valence-electron chi connectivity index (χ3n) is 4.34. The first-order valence-electron chi connectivity index (χ1n) is 9.44. The number of carbonyl (C=O) groups is 2. The average Bonchev–Trinajstić information content (AvgIpc) is 3.19. The Bertz CT molecular complexity index is 1050. The lowest BCUT2D eigenvalue weighted by atomic mass is 10.1. The number of likely N-dealkylation sites (N-methyl/N-ethyl adjacent to an activating group) is 1. The van der Waals surface area contributed by atoms with E-state index in [1.807, 2.05) is 40.7 Å². The van der Waals surface area contributed by atoms with Gasteiger partial charge in [-0.05, 0) is 65.0 Å². The van der Waals surface area contributed by atoms with Crippen molar-refractivity contribution in [1.82, 2.24) is 20.0 Å². The van der Waals surface area contributed by atoms with Gasteiger partial charge in [-0.2, -0.15) is 5.10 Å². The van der Waals surface area contributed by atoms with Gasteiger partial charge in [0.05, 0.1) is 22.8 Å². The van der Waals surface area contributed by atoms with Gasteiger partial charge in [-0.15, -0.1) is 11.3 Å². The van der Waals surface area contributed by atoms with E-state index in [4.69, 9.17) is 0 Å². The fourth-order valence-corrected chi connectivity index (χ4v) is 4.17. The summed E-state index contributed by atoms with van der Waals surface area (Å²) in [5.41, 5.74) is 1.16. The Labute approximate surface area is 173 Å². The molecule has 1 aromatic carbocycles. The zero-order valence-electron chi connectivity index (χ0n) is 17.2. The Hall–Kier alpha value is -2.74. The van der Waals surface area contributed by atoms with Gasteiger partial charge in [0.2, 0.25) is 5.91 Å². The highest BCUT2D eigenvalue weighted by molar-refractivity contribution is 7.20. The van der Waals surface area contributed by atoms with E-state index in [1.54, 1.807) is 16.8 Å². The van der Waals surface area contributed by atoms with E-state index in [0.717, 1.165) is 21.6 Å². The number of amides is 2. The summed E-state index contributed by atoms with van der Waals surface area (Å²) in [5.74, 6) is -0.701. The van der Waals surface area contributed by atoms with E-state index in [1.165, 1.54) is 28.4 Å². The molecule has 0 saturated carbocycles. The van der Waals surface area contributed by atoms with Gasteiger partial charge >= 0.3 is 0 Å². The second-order valence-corrected chi connectivity index (χ2v) is 8.95. The summed E-state index contributed by atoms with van der Waals surface area (Å²) in [6, 6.07) is 7.87. The smallest absolute Gasteiger partial charge is 0.264 e. The van der Waals surface area contributed by atoms with Crippen molar-refractivity contribution in [3.63, 3.8) is 0 Å². The summed E-state index contributed by atoms with van der Waals surface area (Å²) in [6.45, 7) is 9.85. The molecule has 2 aromatic heterocycles. The summed E-state index contributed by atoms with van der Waals surface area (Å²) in [5, 5.41) is 8.27. The molecule has 0 fully saturated rings. The molecule has 0 bridgehead atoms. The quantitative estimate of drug-likeness (QED) is 0.686. The summed E-state index contributed by atoms with van der Waals surface area (Å²) in [6.07, 6.45) is 0. The van der Waals surface area contributed by atoms with Crippen LogP contribution in [0.5, 0.6) is 0 Å². The maximum absolute atomic E-state index is 13.3. The maximum Gasteiger partial charge on any atom is 0.264 e. The number of nitrogens with one attached hydrogen (secondary N) is 1. The van der Waals surface area contributed by atoms with Crippen LogP contribution in [0.15, 0.2) is 30.3 Å². The molecule has 1 N–H and O–H groups in total. The minimum Gasteiger partial charge on any atom is -0.350 e. The van der Waals surface area contributed by atoms with Crippen LogP contribution in [0.2, 0.25) is 0 Å². The molecule has 2 amide bonds. The molecule has 0 radical (unpaired) electrons. The minimum atomic E-state index is -0.354. The highest BCUT2D eigenvalue weighted by Gasteiger charge is 2.23. The SMILES string of the molecule is CCN(CC(=O)NC(C)(C)C)C(=O)c1cc2c(C)nn(-c3ccc(F)cc3)c2s1. The highest BCUT2D eigenvalue weighted by atomic mass is 32.1. The zero-order chi connectivity index (χ0) is 21.3. The highest BCUT2D eigenvalue weighted by Crippen LogP contribution is 2.31. The normalized spacial score (nSPS) is 11.7. The van der Waals surface area contributed by atoms with E-state index in [2.05, 4.69) is 10.4 Å². The first-order chi connectivity index (χ1) is 13.6. The molecule has 2 heterocycles. The van der Waals surface area contributed by atoms with Gasteiger partial charge in [0, 0.05) is 17.5 Å². The van der Waals surface area contributed by atoms with Crippen molar-refractivity contribution in [2.75, 3.05) is 13.1 Å². The van der Waals surface area contributed by atoms with Crippen molar-refractivity contribution in [3.05, 3.63) is 46.7 Å². The molecule has 3 aromatic rings. The summed E-state index contributed by atoms with van der Waals surface area (Å²) in [7, 11) is 0. The molecule has 6 nitrogen and oxygen atoms in total. The second-order valence-electron chi connectivity index (χ2n) is 7.92. The summed E-state index contributed by atoms with van der Waals surface area (Å²) < 4.78 is 15.0. The van der Waals surface area contributed by atoms with Crippen LogP contribution < -0.4 is 5.32 Å². The van der Waals surface area contributed by atoms with Crippen LogP contribution in [0.4, 0.5) is 4.39 Å². The minimum absolute atomic E-state index is 0.00389. The Morgan fingerprint density at radius 2 is 1.90 bits per heavy atom. The number of hydrogen-bond acceptors (Lipinski definition) is 4. The lowest BCUT2D eigenvalue weighted by molar-refractivity contribution is -0.123. The molecule has 0 atom stereocenters. The van der Waals surface area contributed by atoms with Crippen LogP contribution in [-0.2, 0) is 4.79 Å². The van der Waals surface area contributed by atoms with Gasteiger partial charge < -0.3 is 10.2 Å². The number of thiophene rings is 1. The van der Waals surface area contributed by atoms with Crippen molar-refractivity contribution in [1.29, 1.82) is 0 Å². The van der Waals surface area contributed by atoms with Crippen LogP contribution in [0.25, 0.3) is 15.9 Å². The van der Waals surface area contributed by atoms with Crippen LogP contribution in [-0.4, -0.2) is 45.1 Å². The van der Waals surface area contributed by atoms with Crippen LogP contribution >= 0.6 is 11.3 Å². The topological polar surface area (TPSA) is 67.2 Å². The van der Waals surface area contributed by atoms with Crippen LogP contribution in [0.1, 0.15) is 43.1 Å². The molecule has 0 aliphatic heterocycles. The number of rotatable bonds is 5. The lowest BCUT2D eigenvalue weighted by Gasteiger charge is -2.24. The Morgan fingerprint density at radius 3 is 2.48 bits per heavy atom. The van der Waals surface area contributed by atoms with Gasteiger partial charge in [0.15, 0.2) is 0 Å². The van der Waals surface area contributed by atoms with Gasteiger partial charge in [-0.25, -0.2) is 9.07 Å². The van der Waals surface area contributed by atoms with Gasteiger partial charge in [-0.3, -0.25) is 9.59 Å². The van der Waals surface area contributed by atoms with E-state index < -0.39 is 0 Å². The Morgan fingerprint density at radius 1 is 1.24 bits per heavy atom. The molecule has 8 heteroatoms. The van der Waals surface area contributed by atoms with E-state index in [0.29, 0.717) is 11.4 Å². The second kappa shape index (κ2) is 7.94. The van der Waals surface area contributed by atoms with Crippen molar-refractivity contribution in [3.8, 4) is 5.69 Å².